The third kappa shape index (κ3) is 1.57. The van der Waals surface area contributed by atoms with E-state index in [4.69, 9.17) is 0 Å². The number of hydrogen-bond acceptors (Lipinski definition) is 0. The van der Waals surface area contributed by atoms with Crippen molar-refractivity contribution in [3.05, 3.63) is 22.4 Å². The first-order valence-corrected chi connectivity index (χ1v) is 3.27. The molecule has 0 aromatic rings. The fraction of sp³-hybridized carbons (Fsp3) is 0.333. The van der Waals surface area contributed by atoms with Crippen molar-refractivity contribution in [2.45, 2.75) is 12.8 Å². The van der Waals surface area contributed by atoms with Crippen LogP contribution in [0.25, 0.3) is 0 Å². The summed E-state index contributed by atoms with van der Waals surface area (Å²) in [6.07, 6.45) is 9.02. The van der Waals surface area contributed by atoms with Gasteiger partial charge in [0.05, 0.1) is 0 Å². The molecular weight excluding hydrogens is 173 g/mol. The predicted molar refractivity (Wildman–Crippen MR) is 26.5 cm³/mol. The quantitative estimate of drug-likeness (QED) is 0.498. The molecule has 0 saturated carbocycles. The van der Waals surface area contributed by atoms with Crippen LogP contribution in [-0.4, -0.2) is 0 Å². The van der Waals surface area contributed by atoms with E-state index in [1.807, 2.05) is 0 Å². The van der Waals surface area contributed by atoms with Crippen molar-refractivity contribution in [1.82, 2.24) is 0 Å². The zero-order chi connectivity index (χ0) is 5.11. The van der Waals surface area contributed by atoms with Gasteiger partial charge in [-0.25, -0.2) is 0 Å². The maximum absolute atomic E-state index is 2.59. The first kappa shape index (κ1) is 5.24. The molecule has 0 saturated heterocycles. The Bertz CT molecular complexity index is 111. The summed E-state index contributed by atoms with van der Waals surface area (Å²) >= 11 is 2.59. The van der Waals surface area contributed by atoms with Crippen molar-refractivity contribution in [2.75, 3.05) is 0 Å². The van der Waals surface area contributed by atoms with Crippen LogP contribution in [0.2, 0.25) is 0 Å². The summed E-state index contributed by atoms with van der Waals surface area (Å²) in [5, 5.41) is 0. The SMILES string of the molecule is [Ru][C]1=CCCC=C1. The number of rotatable bonds is 0. The van der Waals surface area contributed by atoms with E-state index in [9.17, 15) is 0 Å². The van der Waals surface area contributed by atoms with Crippen molar-refractivity contribution in [1.29, 1.82) is 0 Å². The minimum atomic E-state index is 1.22. The molecule has 39 valence electrons. The van der Waals surface area contributed by atoms with Crippen LogP contribution in [0.5, 0.6) is 0 Å². The monoisotopic (exact) mass is 181 g/mol. The summed E-state index contributed by atoms with van der Waals surface area (Å²) in [4.78, 5) is 0. The summed E-state index contributed by atoms with van der Waals surface area (Å²) < 4.78 is 1.34. The van der Waals surface area contributed by atoms with Crippen LogP contribution < -0.4 is 0 Å². The second kappa shape index (κ2) is 2.42. The third-order valence-corrected chi connectivity index (χ3v) is 1.59. The van der Waals surface area contributed by atoms with E-state index in [-0.39, 0.29) is 0 Å². The Hall–Kier alpha value is 0.103. The van der Waals surface area contributed by atoms with Gasteiger partial charge in [-0.05, 0) is 0 Å². The molecular formula is C6H7Ru. The van der Waals surface area contributed by atoms with Crippen LogP contribution in [0.3, 0.4) is 0 Å². The molecule has 0 nitrogen and oxygen atoms in total. The normalized spacial score (nSPS) is 19.3. The standard InChI is InChI=1S/C6H7.Ru/c1-2-4-6-5-3-1;/h1-2,6H,3,5H2;. The van der Waals surface area contributed by atoms with Crippen LogP contribution in [0.15, 0.2) is 22.4 Å². The van der Waals surface area contributed by atoms with Crippen LogP contribution in [0.4, 0.5) is 0 Å². The topological polar surface area (TPSA) is 0 Å². The molecule has 1 aliphatic carbocycles. The molecule has 0 aromatic heterocycles. The molecule has 0 atom stereocenters. The fourth-order valence-electron chi connectivity index (χ4n) is 0.575. The zero-order valence-electron chi connectivity index (χ0n) is 4.00. The van der Waals surface area contributed by atoms with Crippen LogP contribution in [0.1, 0.15) is 12.8 Å². The van der Waals surface area contributed by atoms with Gasteiger partial charge in [-0.1, -0.05) is 0 Å². The average Bonchev–Trinajstić information content (AvgIpc) is 1.69. The molecule has 1 heteroatoms. The predicted octanol–water partition coefficient (Wildman–Crippen LogP) is 1.77. The molecule has 0 radical (unpaired) electrons. The van der Waals surface area contributed by atoms with Gasteiger partial charge in [0, 0.05) is 0 Å². The summed E-state index contributed by atoms with van der Waals surface area (Å²) in [6, 6.07) is 0. The van der Waals surface area contributed by atoms with Gasteiger partial charge < -0.3 is 0 Å². The summed E-state index contributed by atoms with van der Waals surface area (Å²) in [6.45, 7) is 0. The minimum absolute atomic E-state index is 1.22. The second-order valence-electron chi connectivity index (χ2n) is 1.55. The molecule has 0 fully saturated rings. The van der Waals surface area contributed by atoms with E-state index < -0.39 is 0 Å². The Morgan fingerprint density at radius 1 is 1.43 bits per heavy atom. The molecule has 0 heterocycles. The van der Waals surface area contributed by atoms with Crippen molar-refractivity contribution in [2.24, 2.45) is 0 Å². The van der Waals surface area contributed by atoms with Gasteiger partial charge in [0.2, 0.25) is 0 Å². The van der Waals surface area contributed by atoms with Gasteiger partial charge in [0.25, 0.3) is 0 Å². The van der Waals surface area contributed by atoms with Crippen LogP contribution in [0, 0.1) is 0 Å². The van der Waals surface area contributed by atoms with Crippen LogP contribution >= 0.6 is 0 Å². The Labute approximate surface area is 54.0 Å². The van der Waals surface area contributed by atoms with Crippen molar-refractivity contribution >= 4 is 0 Å². The summed E-state index contributed by atoms with van der Waals surface area (Å²) in [7, 11) is 0. The summed E-state index contributed by atoms with van der Waals surface area (Å²) in [5.41, 5.74) is 0. The van der Waals surface area contributed by atoms with E-state index in [1.54, 1.807) is 0 Å². The third-order valence-electron chi connectivity index (χ3n) is 0.941. The molecule has 0 bridgehead atoms. The summed E-state index contributed by atoms with van der Waals surface area (Å²) in [5.74, 6) is 0. The fourth-order valence-corrected chi connectivity index (χ4v) is 1.03. The molecule has 0 N–H and O–H groups in total. The molecule has 7 heavy (non-hydrogen) atoms. The second-order valence-corrected chi connectivity index (χ2v) is 2.56. The van der Waals surface area contributed by atoms with Gasteiger partial charge in [0.15, 0.2) is 0 Å². The van der Waals surface area contributed by atoms with Crippen molar-refractivity contribution < 1.29 is 18.3 Å². The van der Waals surface area contributed by atoms with E-state index >= 15 is 0 Å². The zero-order valence-corrected chi connectivity index (χ0v) is 5.74. The van der Waals surface area contributed by atoms with Gasteiger partial charge in [0.1, 0.15) is 0 Å². The Morgan fingerprint density at radius 3 is 2.57 bits per heavy atom. The van der Waals surface area contributed by atoms with E-state index in [1.165, 1.54) is 17.0 Å². The molecule has 1 rings (SSSR count). The van der Waals surface area contributed by atoms with Gasteiger partial charge in [-0.2, -0.15) is 0 Å². The average molecular weight is 180 g/mol. The molecule has 0 aliphatic heterocycles. The molecule has 1 aliphatic rings. The number of allylic oxidation sites excluding steroid dienone is 4. The Balaban J connectivity index is 2.58. The first-order chi connectivity index (χ1) is 3.39. The molecule has 0 unspecified atom stereocenters. The van der Waals surface area contributed by atoms with Gasteiger partial charge >= 0.3 is 53.5 Å². The van der Waals surface area contributed by atoms with Crippen LogP contribution in [-0.2, 0) is 18.3 Å². The Kier molecular flexibility index (Phi) is 1.81. The van der Waals surface area contributed by atoms with Crippen molar-refractivity contribution in [3.63, 3.8) is 0 Å². The Morgan fingerprint density at radius 2 is 2.29 bits per heavy atom. The maximum atomic E-state index is 2.59. The van der Waals surface area contributed by atoms with Gasteiger partial charge in [-0.15, -0.1) is 0 Å². The van der Waals surface area contributed by atoms with E-state index in [0.717, 1.165) is 0 Å². The molecule has 0 spiro atoms. The van der Waals surface area contributed by atoms with Gasteiger partial charge in [-0.3, -0.25) is 0 Å². The van der Waals surface area contributed by atoms with Crippen molar-refractivity contribution in [3.8, 4) is 0 Å². The van der Waals surface area contributed by atoms with E-state index in [0.29, 0.717) is 0 Å². The first-order valence-electron chi connectivity index (χ1n) is 2.40. The molecule has 0 aromatic carbocycles. The molecule has 0 amide bonds. The number of hydrogen-bond donors (Lipinski definition) is 0. The van der Waals surface area contributed by atoms with E-state index in [2.05, 4.69) is 36.5 Å².